The van der Waals surface area contributed by atoms with Crippen LogP contribution >= 0.6 is 0 Å². The summed E-state index contributed by atoms with van der Waals surface area (Å²) in [6.45, 7) is 20.3. The molecule has 5 fully saturated rings. The van der Waals surface area contributed by atoms with Crippen LogP contribution in [-0.2, 0) is 4.74 Å². The normalized spacial score (nSPS) is 57.9. The van der Waals surface area contributed by atoms with Crippen molar-refractivity contribution in [3.05, 3.63) is 12.7 Å². The van der Waals surface area contributed by atoms with Crippen molar-refractivity contribution in [3.63, 3.8) is 0 Å². The van der Waals surface area contributed by atoms with Crippen LogP contribution in [0.1, 0.15) is 106 Å². The minimum atomic E-state index is 0.297. The summed E-state index contributed by atoms with van der Waals surface area (Å²) in [5, 5.41) is 0. The van der Waals surface area contributed by atoms with Crippen LogP contribution in [0.5, 0.6) is 0 Å². The molecule has 5 aliphatic rings. The van der Waals surface area contributed by atoms with Gasteiger partial charge in [0.25, 0.3) is 0 Å². The first-order valence-electron chi connectivity index (χ1n) is 13.7. The molecular formula is C30H50O. The quantitative estimate of drug-likeness (QED) is 0.403. The SMILES string of the molecule is C=C[C@]12CC[C@@H](C)[C@@H]1[C@H]1CC[C@@H]3[C@@]4(C)CC[C@H](OC)C(C)(C)[C@@H]4CC[C@@]3(C)[C@]1(C)CC2. The molecule has 0 aromatic heterocycles. The molecule has 0 bridgehead atoms. The zero-order chi connectivity index (χ0) is 22.4. The minimum Gasteiger partial charge on any atom is -0.381 e. The fraction of sp³-hybridized carbons (Fsp3) is 0.933. The van der Waals surface area contributed by atoms with Gasteiger partial charge in [0.15, 0.2) is 0 Å². The average molecular weight is 427 g/mol. The van der Waals surface area contributed by atoms with Gasteiger partial charge in [-0.2, -0.15) is 0 Å². The van der Waals surface area contributed by atoms with Crippen molar-refractivity contribution in [1.82, 2.24) is 0 Å². The number of ether oxygens (including phenoxy) is 1. The van der Waals surface area contributed by atoms with Gasteiger partial charge in [0.1, 0.15) is 0 Å². The Morgan fingerprint density at radius 1 is 0.774 bits per heavy atom. The second-order valence-electron chi connectivity index (χ2n) is 14.2. The number of rotatable bonds is 2. The Labute approximate surface area is 193 Å². The summed E-state index contributed by atoms with van der Waals surface area (Å²) < 4.78 is 6.04. The zero-order valence-corrected chi connectivity index (χ0v) is 21.7. The van der Waals surface area contributed by atoms with Gasteiger partial charge in [-0.3, -0.25) is 0 Å². The molecule has 176 valence electrons. The van der Waals surface area contributed by atoms with Crippen LogP contribution in [0.3, 0.4) is 0 Å². The molecule has 0 aromatic carbocycles. The third kappa shape index (κ3) is 2.60. The maximum absolute atomic E-state index is 6.04. The monoisotopic (exact) mass is 426 g/mol. The lowest BCUT2D eigenvalue weighted by Crippen LogP contribution is -2.66. The molecule has 5 aliphatic carbocycles. The van der Waals surface area contributed by atoms with E-state index in [9.17, 15) is 0 Å². The first kappa shape index (κ1) is 22.5. The predicted molar refractivity (Wildman–Crippen MR) is 131 cm³/mol. The van der Waals surface area contributed by atoms with Gasteiger partial charge in [0.05, 0.1) is 6.10 Å². The molecule has 0 unspecified atom stereocenters. The van der Waals surface area contributed by atoms with Crippen LogP contribution in [0.25, 0.3) is 0 Å². The first-order chi connectivity index (χ1) is 14.5. The summed E-state index contributed by atoms with van der Waals surface area (Å²) in [5.41, 5.74) is 2.22. The molecular weight excluding hydrogens is 376 g/mol. The van der Waals surface area contributed by atoms with Crippen molar-refractivity contribution >= 4 is 0 Å². The standard InChI is InChI=1S/C30H50O/c1-9-30-17-12-20(2)25(30)21-10-11-23-27(5)15-14-24(31-8)26(3,4)22(27)13-16-29(23,7)28(21,6)18-19-30/h9,20-25H,1,10-19H2,2-8H3/t20-,21-,22+,23-,24+,25-,27+,28-,29-,30-/m1/s1. The van der Waals surface area contributed by atoms with Crippen LogP contribution in [0, 0.1) is 56.7 Å². The van der Waals surface area contributed by atoms with E-state index in [0.29, 0.717) is 33.2 Å². The molecule has 5 rings (SSSR count). The smallest absolute Gasteiger partial charge is 0.0625 e. The number of hydrogen-bond donors (Lipinski definition) is 0. The summed E-state index contributed by atoms with van der Waals surface area (Å²) in [4.78, 5) is 0. The van der Waals surface area contributed by atoms with Crippen molar-refractivity contribution in [3.8, 4) is 0 Å². The second-order valence-corrected chi connectivity index (χ2v) is 14.2. The first-order valence-corrected chi connectivity index (χ1v) is 13.7. The maximum Gasteiger partial charge on any atom is 0.0625 e. The van der Waals surface area contributed by atoms with E-state index < -0.39 is 0 Å². The largest absolute Gasteiger partial charge is 0.381 e. The molecule has 0 N–H and O–H groups in total. The van der Waals surface area contributed by atoms with Gasteiger partial charge in [-0.1, -0.05) is 47.6 Å². The van der Waals surface area contributed by atoms with E-state index in [1.54, 1.807) is 0 Å². The van der Waals surface area contributed by atoms with Crippen molar-refractivity contribution < 1.29 is 4.74 Å². The van der Waals surface area contributed by atoms with Crippen LogP contribution in [-0.4, -0.2) is 13.2 Å². The maximum atomic E-state index is 6.04. The molecule has 0 aliphatic heterocycles. The van der Waals surface area contributed by atoms with E-state index in [1.807, 2.05) is 7.11 Å². The summed E-state index contributed by atoms with van der Waals surface area (Å²) in [6.07, 6.45) is 16.9. The highest BCUT2D eigenvalue weighted by Crippen LogP contribution is 2.77. The molecule has 0 amide bonds. The van der Waals surface area contributed by atoms with Gasteiger partial charge < -0.3 is 4.74 Å². The molecule has 10 atom stereocenters. The minimum absolute atomic E-state index is 0.297. The van der Waals surface area contributed by atoms with E-state index in [-0.39, 0.29) is 0 Å². The van der Waals surface area contributed by atoms with Crippen LogP contribution < -0.4 is 0 Å². The van der Waals surface area contributed by atoms with Crippen LogP contribution in [0.4, 0.5) is 0 Å². The number of fused-ring (bicyclic) bond motifs is 7. The Bertz CT molecular complexity index is 739. The van der Waals surface area contributed by atoms with Gasteiger partial charge in [0, 0.05) is 7.11 Å². The van der Waals surface area contributed by atoms with E-state index in [4.69, 9.17) is 4.74 Å². The van der Waals surface area contributed by atoms with Gasteiger partial charge in [-0.15, -0.1) is 6.58 Å². The van der Waals surface area contributed by atoms with Crippen molar-refractivity contribution in [1.29, 1.82) is 0 Å². The Morgan fingerprint density at radius 3 is 2.19 bits per heavy atom. The van der Waals surface area contributed by atoms with Gasteiger partial charge in [0.2, 0.25) is 0 Å². The molecule has 0 aromatic rings. The molecule has 0 spiro atoms. The molecule has 0 heterocycles. The van der Waals surface area contributed by atoms with Crippen LogP contribution in [0.2, 0.25) is 0 Å². The summed E-state index contributed by atoms with van der Waals surface area (Å²) in [5.74, 6) is 4.35. The Balaban J connectivity index is 1.53. The van der Waals surface area contributed by atoms with Crippen LogP contribution in [0.15, 0.2) is 12.7 Å². The molecule has 31 heavy (non-hydrogen) atoms. The number of allylic oxidation sites excluding steroid dienone is 1. The second kappa shape index (κ2) is 6.86. The highest BCUT2D eigenvalue weighted by molar-refractivity contribution is 5.21. The lowest BCUT2D eigenvalue weighted by Gasteiger charge is -2.73. The zero-order valence-electron chi connectivity index (χ0n) is 21.7. The number of methoxy groups -OCH3 is 1. The van der Waals surface area contributed by atoms with E-state index in [2.05, 4.69) is 54.2 Å². The Kier molecular flexibility index (Phi) is 4.98. The molecule has 1 nitrogen and oxygen atoms in total. The highest BCUT2D eigenvalue weighted by Gasteiger charge is 2.70. The van der Waals surface area contributed by atoms with Crippen molar-refractivity contribution in [2.45, 2.75) is 112 Å². The lowest BCUT2D eigenvalue weighted by molar-refractivity contribution is -0.247. The molecule has 5 saturated carbocycles. The summed E-state index contributed by atoms with van der Waals surface area (Å²) in [7, 11) is 1.95. The summed E-state index contributed by atoms with van der Waals surface area (Å²) >= 11 is 0. The van der Waals surface area contributed by atoms with E-state index in [1.165, 1.54) is 64.2 Å². The fourth-order valence-electron chi connectivity index (χ4n) is 11.7. The van der Waals surface area contributed by atoms with Crippen molar-refractivity contribution in [2.24, 2.45) is 56.7 Å². The molecule has 1 heteroatoms. The Morgan fingerprint density at radius 2 is 1.52 bits per heavy atom. The fourth-order valence-corrected chi connectivity index (χ4v) is 11.7. The van der Waals surface area contributed by atoms with E-state index in [0.717, 1.165) is 29.6 Å². The van der Waals surface area contributed by atoms with Gasteiger partial charge in [-0.05, 0) is 121 Å². The van der Waals surface area contributed by atoms with Crippen molar-refractivity contribution in [2.75, 3.05) is 7.11 Å². The number of hydrogen-bond acceptors (Lipinski definition) is 1. The predicted octanol–water partition coefficient (Wildman–Crippen LogP) is 8.29. The van der Waals surface area contributed by atoms with Gasteiger partial charge >= 0.3 is 0 Å². The average Bonchev–Trinajstić information content (AvgIpc) is 3.05. The Hall–Kier alpha value is -0.300. The summed E-state index contributed by atoms with van der Waals surface area (Å²) in [6, 6.07) is 0. The highest BCUT2D eigenvalue weighted by atomic mass is 16.5. The topological polar surface area (TPSA) is 9.23 Å². The third-order valence-corrected chi connectivity index (χ3v) is 13.5. The van der Waals surface area contributed by atoms with E-state index >= 15 is 0 Å². The molecule has 0 radical (unpaired) electrons. The van der Waals surface area contributed by atoms with Gasteiger partial charge in [-0.25, -0.2) is 0 Å². The third-order valence-electron chi connectivity index (χ3n) is 13.5. The lowest BCUT2D eigenvalue weighted by atomic mass is 9.32. The molecule has 0 saturated heterocycles.